The third-order valence-electron chi connectivity index (χ3n) is 5.86. The number of carbonyl (C=O) groups is 1. The van der Waals surface area contributed by atoms with Gasteiger partial charge in [0.15, 0.2) is 17.3 Å². The summed E-state index contributed by atoms with van der Waals surface area (Å²) in [6, 6.07) is 14.5. The third-order valence-corrected chi connectivity index (χ3v) is 5.86. The van der Waals surface area contributed by atoms with E-state index in [0.29, 0.717) is 60.6 Å². The molecule has 0 radical (unpaired) electrons. The Hall–Kier alpha value is -4.21. The number of anilines is 2. The van der Waals surface area contributed by atoms with Crippen molar-refractivity contribution in [2.24, 2.45) is 0 Å². The van der Waals surface area contributed by atoms with Gasteiger partial charge in [0.2, 0.25) is 0 Å². The van der Waals surface area contributed by atoms with Gasteiger partial charge in [-0.15, -0.1) is 10.2 Å². The zero-order valence-electron chi connectivity index (χ0n) is 20.3. The molecule has 0 atom stereocenters. The molecular formula is C25H29N5O5. The van der Waals surface area contributed by atoms with E-state index in [0.717, 1.165) is 11.4 Å². The Morgan fingerprint density at radius 2 is 1.49 bits per heavy atom. The van der Waals surface area contributed by atoms with Crippen molar-refractivity contribution in [3.63, 3.8) is 0 Å². The van der Waals surface area contributed by atoms with Crippen LogP contribution in [0, 0.1) is 0 Å². The second-order valence-corrected chi connectivity index (χ2v) is 7.82. The van der Waals surface area contributed by atoms with Gasteiger partial charge in [-0.1, -0.05) is 0 Å². The van der Waals surface area contributed by atoms with Crippen LogP contribution in [0.25, 0.3) is 11.3 Å². The van der Waals surface area contributed by atoms with E-state index in [4.69, 9.17) is 18.9 Å². The number of carbonyl (C=O) groups excluding carboxylic acids is 1. The second kappa shape index (κ2) is 10.8. The van der Waals surface area contributed by atoms with Crippen molar-refractivity contribution >= 4 is 17.5 Å². The number of urea groups is 1. The van der Waals surface area contributed by atoms with Crippen LogP contribution in [0.5, 0.6) is 23.0 Å². The highest BCUT2D eigenvalue weighted by molar-refractivity contribution is 5.90. The molecule has 2 amide bonds. The Bertz CT molecular complexity index is 1160. The lowest BCUT2D eigenvalue weighted by Gasteiger charge is -2.35. The quantitative estimate of drug-likeness (QED) is 0.550. The predicted octanol–water partition coefficient (Wildman–Crippen LogP) is 3.53. The molecule has 0 aliphatic carbocycles. The van der Waals surface area contributed by atoms with Crippen LogP contribution in [-0.4, -0.2) is 75.7 Å². The summed E-state index contributed by atoms with van der Waals surface area (Å²) in [6.45, 7) is 2.42. The molecule has 0 bridgehead atoms. The van der Waals surface area contributed by atoms with E-state index in [-0.39, 0.29) is 6.03 Å². The number of methoxy groups -OCH3 is 4. The van der Waals surface area contributed by atoms with Crippen LogP contribution in [-0.2, 0) is 0 Å². The molecule has 1 saturated heterocycles. The maximum atomic E-state index is 12.8. The third kappa shape index (κ3) is 5.32. The largest absolute Gasteiger partial charge is 0.497 e. The topological polar surface area (TPSA) is 98.3 Å². The van der Waals surface area contributed by atoms with Gasteiger partial charge >= 0.3 is 6.03 Å². The zero-order valence-corrected chi connectivity index (χ0v) is 20.3. The molecule has 2 aromatic carbocycles. The maximum Gasteiger partial charge on any atom is 0.321 e. The van der Waals surface area contributed by atoms with Crippen molar-refractivity contribution in [1.82, 2.24) is 15.1 Å². The van der Waals surface area contributed by atoms with Crippen LogP contribution >= 0.6 is 0 Å². The minimum absolute atomic E-state index is 0.163. The number of hydrogen-bond donors (Lipinski definition) is 1. The number of hydrogen-bond acceptors (Lipinski definition) is 8. The van der Waals surface area contributed by atoms with E-state index >= 15 is 0 Å². The van der Waals surface area contributed by atoms with Crippen LogP contribution in [0.15, 0.2) is 48.5 Å². The normalized spacial score (nSPS) is 13.3. The van der Waals surface area contributed by atoms with Gasteiger partial charge < -0.3 is 34.1 Å². The van der Waals surface area contributed by atoms with E-state index in [1.54, 1.807) is 51.5 Å². The van der Waals surface area contributed by atoms with Gasteiger partial charge in [0.05, 0.1) is 34.1 Å². The summed E-state index contributed by atoms with van der Waals surface area (Å²) < 4.78 is 21.3. The summed E-state index contributed by atoms with van der Waals surface area (Å²) in [6.07, 6.45) is 0. The van der Waals surface area contributed by atoms with E-state index in [1.807, 2.05) is 30.3 Å². The fourth-order valence-electron chi connectivity index (χ4n) is 3.91. The summed E-state index contributed by atoms with van der Waals surface area (Å²) >= 11 is 0. The molecule has 184 valence electrons. The number of piperazine rings is 1. The number of benzene rings is 2. The number of amides is 2. The fourth-order valence-corrected chi connectivity index (χ4v) is 3.91. The summed E-state index contributed by atoms with van der Waals surface area (Å²) in [4.78, 5) is 16.6. The Balaban J connectivity index is 1.37. The first-order chi connectivity index (χ1) is 17.1. The number of nitrogens with zero attached hydrogens (tertiary/aromatic N) is 4. The van der Waals surface area contributed by atoms with Crippen molar-refractivity contribution in [3.05, 3.63) is 48.5 Å². The van der Waals surface area contributed by atoms with Crippen LogP contribution in [0.2, 0.25) is 0 Å². The van der Waals surface area contributed by atoms with Gasteiger partial charge in [0, 0.05) is 43.5 Å². The first-order valence-corrected chi connectivity index (χ1v) is 11.1. The first-order valence-electron chi connectivity index (χ1n) is 11.1. The lowest BCUT2D eigenvalue weighted by atomic mass is 10.1. The van der Waals surface area contributed by atoms with E-state index in [2.05, 4.69) is 20.4 Å². The predicted molar refractivity (Wildman–Crippen MR) is 133 cm³/mol. The Kier molecular flexibility index (Phi) is 7.39. The summed E-state index contributed by atoms with van der Waals surface area (Å²) in [5.41, 5.74) is 2.14. The SMILES string of the molecule is COc1ccc(OC)c(-c2ccc(N3CCN(C(=O)Nc4ccc(OC)c(OC)c4)CC3)nn2)c1. The number of ether oxygens (including phenoxy) is 4. The average molecular weight is 480 g/mol. The van der Waals surface area contributed by atoms with E-state index in [1.165, 1.54) is 0 Å². The lowest BCUT2D eigenvalue weighted by molar-refractivity contribution is 0.208. The molecule has 1 aromatic heterocycles. The molecule has 1 aliphatic rings. The Labute approximate surface area is 204 Å². The summed E-state index contributed by atoms with van der Waals surface area (Å²) in [7, 11) is 6.37. The molecule has 3 aromatic rings. The number of aromatic nitrogens is 2. The highest BCUT2D eigenvalue weighted by atomic mass is 16.5. The zero-order chi connectivity index (χ0) is 24.8. The maximum absolute atomic E-state index is 12.8. The molecule has 10 heteroatoms. The highest BCUT2D eigenvalue weighted by Crippen LogP contribution is 2.33. The van der Waals surface area contributed by atoms with Crippen LogP contribution < -0.4 is 29.2 Å². The van der Waals surface area contributed by atoms with Crippen molar-refractivity contribution in [2.75, 3.05) is 64.8 Å². The van der Waals surface area contributed by atoms with Crippen molar-refractivity contribution < 1.29 is 23.7 Å². The molecule has 1 fully saturated rings. The van der Waals surface area contributed by atoms with Gasteiger partial charge in [-0.05, 0) is 42.5 Å². The van der Waals surface area contributed by atoms with Gasteiger partial charge in [-0.3, -0.25) is 0 Å². The molecule has 1 aliphatic heterocycles. The van der Waals surface area contributed by atoms with Crippen molar-refractivity contribution in [2.45, 2.75) is 0 Å². The first kappa shape index (κ1) is 23.9. The molecule has 35 heavy (non-hydrogen) atoms. The minimum Gasteiger partial charge on any atom is -0.497 e. The summed E-state index contributed by atoms with van der Waals surface area (Å²) in [5, 5.41) is 11.7. The highest BCUT2D eigenvalue weighted by Gasteiger charge is 2.23. The molecule has 0 saturated carbocycles. The molecule has 4 rings (SSSR count). The average Bonchev–Trinajstić information content (AvgIpc) is 2.92. The number of nitrogens with one attached hydrogen (secondary N) is 1. The molecule has 1 N–H and O–H groups in total. The Morgan fingerprint density at radius 3 is 2.11 bits per heavy atom. The molecule has 0 spiro atoms. The molecule has 0 unspecified atom stereocenters. The van der Waals surface area contributed by atoms with Gasteiger partial charge in [-0.2, -0.15) is 0 Å². The molecular weight excluding hydrogens is 450 g/mol. The van der Waals surface area contributed by atoms with Crippen molar-refractivity contribution in [3.8, 4) is 34.3 Å². The van der Waals surface area contributed by atoms with Crippen LogP contribution in [0.4, 0.5) is 16.3 Å². The van der Waals surface area contributed by atoms with Crippen molar-refractivity contribution in [1.29, 1.82) is 0 Å². The van der Waals surface area contributed by atoms with Crippen LogP contribution in [0.3, 0.4) is 0 Å². The lowest BCUT2D eigenvalue weighted by Crippen LogP contribution is -2.50. The smallest absolute Gasteiger partial charge is 0.321 e. The molecule has 2 heterocycles. The van der Waals surface area contributed by atoms with Crippen LogP contribution in [0.1, 0.15) is 0 Å². The fraction of sp³-hybridized carbons (Fsp3) is 0.320. The summed E-state index contributed by atoms with van der Waals surface area (Å²) in [5.74, 6) is 3.34. The van der Waals surface area contributed by atoms with Gasteiger partial charge in [0.1, 0.15) is 11.5 Å². The van der Waals surface area contributed by atoms with E-state index < -0.39 is 0 Å². The van der Waals surface area contributed by atoms with Gasteiger partial charge in [0.25, 0.3) is 0 Å². The Morgan fingerprint density at radius 1 is 0.771 bits per heavy atom. The molecule has 10 nitrogen and oxygen atoms in total. The minimum atomic E-state index is -0.163. The second-order valence-electron chi connectivity index (χ2n) is 7.82. The van der Waals surface area contributed by atoms with E-state index in [9.17, 15) is 4.79 Å². The monoisotopic (exact) mass is 479 g/mol. The standard InChI is InChI=1S/C25H29N5O5/c1-32-18-6-9-21(33-2)19(16-18)20-7-10-24(28-27-20)29-11-13-30(14-12-29)25(31)26-17-5-8-22(34-3)23(15-17)35-4/h5-10,15-16H,11-14H2,1-4H3,(H,26,31). The number of rotatable bonds is 7. The van der Waals surface area contributed by atoms with Gasteiger partial charge in [-0.25, -0.2) is 4.79 Å².